The number of carbonyl (C=O) groups excluding carboxylic acids is 2. The molecular weight excluding hydrogens is 396 g/mol. The van der Waals surface area contributed by atoms with E-state index in [1.165, 1.54) is 5.56 Å². The van der Waals surface area contributed by atoms with Gasteiger partial charge < -0.3 is 5.32 Å². The Morgan fingerprint density at radius 3 is 2.70 bits per heavy atom. The zero-order valence-electron chi connectivity index (χ0n) is 18.8. The van der Waals surface area contributed by atoms with Crippen LogP contribution < -0.4 is 10.2 Å². The number of aromatic nitrogens is 2. The van der Waals surface area contributed by atoms with Crippen LogP contribution in [0.15, 0.2) is 24.3 Å². The lowest BCUT2D eigenvalue weighted by molar-refractivity contribution is -0.122. The number of aryl methyl sites for hydroxylation is 2. The van der Waals surface area contributed by atoms with Crippen LogP contribution in [0.4, 0.5) is 5.82 Å². The molecule has 1 N–H and O–H groups in total. The summed E-state index contributed by atoms with van der Waals surface area (Å²) in [7, 11) is 1.86. The summed E-state index contributed by atoms with van der Waals surface area (Å²) in [4.78, 5) is 27.2. The van der Waals surface area contributed by atoms with Crippen molar-refractivity contribution in [2.75, 3.05) is 23.7 Å². The summed E-state index contributed by atoms with van der Waals surface area (Å²) in [5.74, 6) is 0.839. The maximum atomic E-state index is 13.1. The monoisotopic (exact) mass is 428 g/mol. The molecule has 0 saturated carbocycles. The molecule has 162 valence electrons. The molecule has 0 saturated heterocycles. The Morgan fingerprint density at radius 1 is 1.33 bits per heavy atom. The highest BCUT2D eigenvalue weighted by Gasteiger charge is 2.38. The topological polar surface area (TPSA) is 67.2 Å². The largest absolute Gasteiger partial charge is 0.355 e. The van der Waals surface area contributed by atoms with E-state index in [1.807, 2.05) is 14.0 Å². The van der Waals surface area contributed by atoms with E-state index in [2.05, 4.69) is 57.3 Å². The van der Waals surface area contributed by atoms with Gasteiger partial charge >= 0.3 is 0 Å². The molecule has 0 aliphatic carbocycles. The van der Waals surface area contributed by atoms with Gasteiger partial charge in [-0.15, -0.1) is 11.8 Å². The first kappa shape index (κ1) is 22.4. The molecule has 7 heteroatoms. The third kappa shape index (κ3) is 4.56. The number of benzene rings is 1. The van der Waals surface area contributed by atoms with Crippen molar-refractivity contribution in [1.29, 1.82) is 0 Å². The Morgan fingerprint density at radius 2 is 2.07 bits per heavy atom. The summed E-state index contributed by atoms with van der Waals surface area (Å²) in [6.07, 6.45) is 0.857. The average molecular weight is 429 g/mol. The Kier molecular flexibility index (Phi) is 6.60. The first-order valence-electron chi connectivity index (χ1n) is 10.5. The van der Waals surface area contributed by atoms with Gasteiger partial charge in [-0.3, -0.25) is 19.2 Å². The third-order valence-electron chi connectivity index (χ3n) is 5.17. The fourth-order valence-corrected chi connectivity index (χ4v) is 4.99. The van der Waals surface area contributed by atoms with Crippen LogP contribution in [0.3, 0.4) is 0 Å². The van der Waals surface area contributed by atoms with Gasteiger partial charge in [-0.2, -0.15) is 5.10 Å². The summed E-state index contributed by atoms with van der Waals surface area (Å²) < 4.78 is 1.77. The van der Waals surface area contributed by atoms with Crippen molar-refractivity contribution in [1.82, 2.24) is 15.1 Å². The van der Waals surface area contributed by atoms with Gasteiger partial charge in [0, 0.05) is 24.6 Å². The summed E-state index contributed by atoms with van der Waals surface area (Å²) in [6.45, 7) is 11.1. The van der Waals surface area contributed by atoms with Gasteiger partial charge in [0.1, 0.15) is 12.4 Å². The van der Waals surface area contributed by atoms with Crippen molar-refractivity contribution in [3.05, 3.63) is 46.6 Å². The number of amides is 2. The molecule has 3 rings (SSSR count). The minimum atomic E-state index is -0.197. The molecule has 0 fully saturated rings. The fourth-order valence-electron chi connectivity index (χ4n) is 3.80. The van der Waals surface area contributed by atoms with Crippen molar-refractivity contribution in [3.8, 4) is 0 Å². The molecule has 2 heterocycles. The maximum absolute atomic E-state index is 13.1. The van der Waals surface area contributed by atoms with Gasteiger partial charge in [-0.05, 0) is 18.9 Å². The molecule has 30 heavy (non-hydrogen) atoms. The van der Waals surface area contributed by atoms with Crippen molar-refractivity contribution >= 4 is 29.4 Å². The van der Waals surface area contributed by atoms with Gasteiger partial charge in [0.25, 0.3) is 0 Å². The number of fused-ring (bicyclic) bond motifs is 1. The number of anilines is 1. The first-order valence-corrected chi connectivity index (χ1v) is 11.5. The van der Waals surface area contributed by atoms with Crippen molar-refractivity contribution < 1.29 is 9.59 Å². The Balaban J connectivity index is 2.16. The van der Waals surface area contributed by atoms with E-state index < -0.39 is 0 Å². The van der Waals surface area contributed by atoms with Gasteiger partial charge in [-0.1, -0.05) is 57.5 Å². The molecule has 2 aromatic rings. The lowest BCUT2D eigenvalue weighted by atomic mass is 9.87. The maximum Gasteiger partial charge on any atom is 0.240 e. The molecule has 1 atom stereocenters. The average Bonchev–Trinajstić information content (AvgIpc) is 2.94. The third-order valence-corrected chi connectivity index (χ3v) is 6.43. The van der Waals surface area contributed by atoms with Crippen LogP contribution in [-0.4, -0.2) is 40.4 Å². The predicted molar refractivity (Wildman–Crippen MR) is 123 cm³/mol. The number of rotatable bonds is 5. The molecule has 0 radical (unpaired) electrons. The highest BCUT2D eigenvalue weighted by atomic mass is 32.2. The molecule has 0 bridgehead atoms. The van der Waals surface area contributed by atoms with Crippen molar-refractivity contribution in [2.24, 2.45) is 7.05 Å². The van der Waals surface area contributed by atoms with Gasteiger partial charge in [0.2, 0.25) is 11.8 Å². The summed E-state index contributed by atoms with van der Waals surface area (Å²) >= 11 is 1.61. The minimum Gasteiger partial charge on any atom is -0.355 e. The van der Waals surface area contributed by atoms with E-state index in [1.54, 1.807) is 21.3 Å². The molecule has 1 aliphatic heterocycles. The van der Waals surface area contributed by atoms with Crippen LogP contribution in [0.5, 0.6) is 0 Å². The predicted octanol–water partition coefficient (Wildman–Crippen LogP) is 3.72. The highest BCUT2D eigenvalue weighted by Crippen LogP contribution is 2.47. The normalized spacial score (nSPS) is 16.9. The Bertz CT molecular complexity index is 945. The molecular formula is C23H32N4O2S. The quantitative estimate of drug-likeness (QED) is 0.788. The SMILES string of the molecule is CCCNC(=O)CN1C(=O)CSC(c2cccc(C)c2)c2c(C(C)(C)C)nn(C)c21. The molecule has 1 aromatic carbocycles. The van der Waals surface area contributed by atoms with E-state index in [0.29, 0.717) is 12.3 Å². The highest BCUT2D eigenvalue weighted by molar-refractivity contribution is 8.00. The molecule has 1 aliphatic rings. The van der Waals surface area contributed by atoms with E-state index >= 15 is 0 Å². The molecule has 0 spiro atoms. The number of nitrogens with one attached hydrogen (secondary N) is 1. The van der Waals surface area contributed by atoms with Crippen LogP contribution in [-0.2, 0) is 22.1 Å². The number of hydrogen-bond acceptors (Lipinski definition) is 4. The summed E-state index contributed by atoms with van der Waals surface area (Å²) in [5.41, 5.74) is 4.15. The lowest BCUT2D eigenvalue weighted by Crippen LogP contribution is -2.42. The second-order valence-corrected chi connectivity index (χ2v) is 9.99. The van der Waals surface area contributed by atoms with E-state index in [9.17, 15) is 9.59 Å². The van der Waals surface area contributed by atoms with Gasteiger partial charge in [0.15, 0.2) is 0 Å². The van der Waals surface area contributed by atoms with E-state index in [-0.39, 0.29) is 29.0 Å². The Hall–Kier alpha value is -2.28. The number of nitrogens with zero attached hydrogens (tertiary/aromatic N) is 3. The lowest BCUT2D eigenvalue weighted by Gasteiger charge is -2.24. The second kappa shape index (κ2) is 8.84. The number of hydrogen-bond donors (Lipinski definition) is 1. The minimum absolute atomic E-state index is 0.00997. The number of thioether (sulfide) groups is 1. The second-order valence-electron chi connectivity index (χ2n) is 8.89. The summed E-state index contributed by atoms with van der Waals surface area (Å²) in [5, 5.41) is 7.71. The zero-order chi connectivity index (χ0) is 22.1. The smallest absolute Gasteiger partial charge is 0.240 e. The van der Waals surface area contributed by atoms with Gasteiger partial charge in [-0.25, -0.2) is 0 Å². The molecule has 1 unspecified atom stereocenters. The molecule has 2 amide bonds. The molecule has 6 nitrogen and oxygen atoms in total. The van der Waals surface area contributed by atoms with Crippen LogP contribution in [0, 0.1) is 6.92 Å². The van der Waals surface area contributed by atoms with Crippen molar-refractivity contribution in [2.45, 2.75) is 51.7 Å². The summed E-state index contributed by atoms with van der Waals surface area (Å²) in [6, 6.07) is 8.42. The van der Waals surface area contributed by atoms with E-state index in [0.717, 1.165) is 29.1 Å². The van der Waals surface area contributed by atoms with Crippen molar-refractivity contribution in [3.63, 3.8) is 0 Å². The molecule has 1 aromatic heterocycles. The number of carbonyl (C=O) groups is 2. The van der Waals surface area contributed by atoms with E-state index in [4.69, 9.17) is 5.10 Å². The van der Waals surface area contributed by atoms with Crippen LogP contribution >= 0.6 is 11.8 Å². The van der Waals surface area contributed by atoms with Crippen LogP contribution in [0.2, 0.25) is 0 Å². The van der Waals surface area contributed by atoms with Gasteiger partial charge in [0.05, 0.1) is 16.7 Å². The standard InChI is InChI=1S/C23H32N4O2S/c1-7-11-24-17(28)13-27-18(29)14-30-20(16-10-8-9-15(2)12-16)19-21(23(3,4)5)25-26(6)22(19)27/h8-10,12,20H,7,11,13-14H2,1-6H3,(H,24,28). The Labute approximate surface area is 183 Å². The zero-order valence-corrected chi connectivity index (χ0v) is 19.6. The van der Waals surface area contributed by atoms with Crippen LogP contribution in [0.25, 0.3) is 0 Å². The fraction of sp³-hybridized carbons (Fsp3) is 0.522. The first-order chi connectivity index (χ1) is 14.1. The van der Waals surface area contributed by atoms with Crippen LogP contribution in [0.1, 0.15) is 61.7 Å².